The summed E-state index contributed by atoms with van der Waals surface area (Å²) in [5.41, 5.74) is 8.14. The van der Waals surface area contributed by atoms with Crippen LogP contribution in [0.5, 0.6) is 0 Å². The smallest absolute Gasteiger partial charge is 0.314 e. The Morgan fingerprint density at radius 2 is 1.87 bits per heavy atom. The van der Waals surface area contributed by atoms with Crippen molar-refractivity contribution in [3.63, 3.8) is 0 Å². The molecule has 0 saturated heterocycles. The van der Waals surface area contributed by atoms with Crippen LogP contribution < -0.4 is 11.1 Å². The molecule has 120 valence electrons. The molecule has 23 heavy (non-hydrogen) atoms. The fraction of sp³-hybridized carbons (Fsp3) is 0.235. The number of aromatic nitrogens is 1. The number of likely N-dealkylation sites (N-methyl/N-ethyl adjacent to an activating group) is 1. The van der Waals surface area contributed by atoms with Crippen molar-refractivity contribution >= 4 is 11.9 Å². The van der Waals surface area contributed by atoms with Gasteiger partial charge in [0, 0.05) is 19.4 Å². The molecule has 0 bridgehead atoms. The number of pyridine rings is 1. The van der Waals surface area contributed by atoms with Crippen molar-refractivity contribution in [1.82, 2.24) is 15.2 Å². The van der Waals surface area contributed by atoms with E-state index >= 15 is 0 Å². The number of hydrogen-bond acceptors (Lipinski definition) is 3. The molecule has 2 aromatic rings. The molecule has 1 aromatic carbocycles. The number of aryl methyl sites for hydroxylation is 1. The molecule has 1 aromatic heterocycles. The van der Waals surface area contributed by atoms with Gasteiger partial charge in [-0.05, 0) is 35.7 Å². The van der Waals surface area contributed by atoms with Crippen LogP contribution in [0, 0.1) is 6.92 Å². The number of nitrogens with two attached hydrogens (primary N) is 1. The largest absolute Gasteiger partial charge is 0.351 e. The third kappa shape index (κ3) is 4.29. The van der Waals surface area contributed by atoms with E-state index in [-0.39, 0.29) is 18.5 Å². The number of primary amides is 1. The number of hydrogen-bond donors (Lipinski definition) is 2. The Kier molecular flexibility index (Phi) is 5.30. The lowest BCUT2D eigenvalue weighted by Gasteiger charge is -2.23. The summed E-state index contributed by atoms with van der Waals surface area (Å²) < 4.78 is 0. The lowest BCUT2D eigenvalue weighted by Crippen LogP contribution is -2.42. The Balaban J connectivity index is 2.27. The van der Waals surface area contributed by atoms with E-state index in [9.17, 15) is 9.59 Å². The van der Waals surface area contributed by atoms with Crippen LogP contribution in [0.1, 0.15) is 22.7 Å². The molecule has 1 atom stereocenters. The average molecular weight is 312 g/mol. The molecule has 0 aliphatic carbocycles. The van der Waals surface area contributed by atoms with Gasteiger partial charge in [-0.15, -0.1) is 0 Å². The van der Waals surface area contributed by atoms with Gasteiger partial charge in [0.1, 0.15) is 6.54 Å². The number of rotatable bonds is 5. The highest BCUT2D eigenvalue weighted by Gasteiger charge is 2.19. The van der Waals surface area contributed by atoms with Crippen LogP contribution in [-0.2, 0) is 4.79 Å². The van der Waals surface area contributed by atoms with Gasteiger partial charge in [-0.3, -0.25) is 9.78 Å². The van der Waals surface area contributed by atoms with Gasteiger partial charge in [-0.2, -0.15) is 0 Å². The number of amides is 3. The van der Waals surface area contributed by atoms with Gasteiger partial charge in [0.25, 0.3) is 0 Å². The van der Waals surface area contributed by atoms with Crippen LogP contribution >= 0.6 is 0 Å². The second kappa shape index (κ2) is 7.40. The molecule has 6 nitrogen and oxygen atoms in total. The van der Waals surface area contributed by atoms with Gasteiger partial charge in [-0.25, -0.2) is 4.79 Å². The first-order valence-electron chi connectivity index (χ1n) is 7.24. The minimum absolute atomic E-state index is 0.0944. The SMILES string of the molecule is Cc1ccccc1[C@H](NC(=O)CN(C)C(N)=O)c1ccncc1. The van der Waals surface area contributed by atoms with Crippen molar-refractivity contribution < 1.29 is 9.59 Å². The highest BCUT2D eigenvalue weighted by atomic mass is 16.2. The topological polar surface area (TPSA) is 88.3 Å². The van der Waals surface area contributed by atoms with Crippen LogP contribution in [0.4, 0.5) is 4.79 Å². The van der Waals surface area contributed by atoms with E-state index in [0.29, 0.717) is 0 Å². The minimum atomic E-state index is -0.642. The maximum absolute atomic E-state index is 12.3. The van der Waals surface area contributed by atoms with Gasteiger partial charge in [0.05, 0.1) is 6.04 Å². The first kappa shape index (κ1) is 16.5. The predicted octanol–water partition coefficient (Wildman–Crippen LogP) is 1.61. The maximum Gasteiger partial charge on any atom is 0.314 e. The zero-order valence-corrected chi connectivity index (χ0v) is 13.2. The van der Waals surface area contributed by atoms with Crippen molar-refractivity contribution in [3.8, 4) is 0 Å². The summed E-state index contributed by atoms with van der Waals surface area (Å²) in [4.78, 5) is 28.5. The summed E-state index contributed by atoms with van der Waals surface area (Å²) in [7, 11) is 1.48. The molecule has 0 spiro atoms. The summed E-state index contributed by atoms with van der Waals surface area (Å²) in [6.07, 6.45) is 3.37. The minimum Gasteiger partial charge on any atom is -0.351 e. The van der Waals surface area contributed by atoms with E-state index in [2.05, 4.69) is 10.3 Å². The predicted molar refractivity (Wildman–Crippen MR) is 87.6 cm³/mol. The number of benzene rings is 1. The third-order valence-corrected chi connectivity index (χ3v) is 3.60. The van der Waals surface area contributed by atoms with Gasteiger partial charge in [0.2, 0.25) is 5.91 Å². The zero-order chi connectivity index (χ0) is 16.8. The van der Waals surface area contributed by atoms with E-state index in [0.717, 1.165) is 21.6 Å². The van der Waals surface area contributed by atoms with Gasteiger partial charge >= 0.3 is 6.03 Å². The van der Waals surface area contributed by atoms with Crippen molar-refractivity contribution in [2.24, 2.45) is 5.73 Å². The molecule has 2 rings (SSSR count). The summed E-state index contributed by atoms with van der Waals surface area (Å²) in [5, 5.41) is 2.96. The molecule has 3 N–H and O–H groups in total. The Hall–Kier alpha value is -2.89. The van der Waals surface area contributed by atoms with Crippen LogP contribution in [-0.4, -0.2) is 35.4 Å². The second-order valence-electron chi connectivity index (χ2n) is 5.33. The van der Waals surface area contributed by atoms with Gasteiger partial charge in [-0.1, -0.05) is 24.3 Å². The monoisotopic (exact) mass is 312 g/mol. The summed E-state index contributed by atoms with van der Waals surface area (Å²) in [6.45, 7) is 1.90. The average Bonchev–Trinajstić information content (AvgIpc) is 2.54. The second-order valence-corrected chi connectivity index (χ2v) is 5.33. The first-order valence-corrected chi connectivity index (χ1v) is 7.24. The van der Waals surface area contributed by atoms with E-state index in [4.69, 9.17) is 5.73 Å². The van der Waals surface area contributed by atoms with E-state index in [1.807, 2.05) is 43.3 Å². The van der Waals surface area contributed by atoms with E-state index in [1.165, 1.54) is 7.05 Å². The van der Waals surface area contributed by atoms with Gasteiger partial charge < -0.3 is 16.0 Å². The Labute approximate surface area is 135 Å². The number of urea groups is 1. The molecule has 1 heterocycles. The van der Waals surface area contributed by atoms with Gasteiger partial charge in [0.15, 0.2) is 0 Å². The molecule has 0 fully saturated rings. The lowest BCUT2D eigenvalue weighted by molar-refractivity contribution is -0.121. The van der Waals surface area contributed by atoms with Crippen molar-refractivity contribution in [2.75, 3.05) is 13.6 Å². The number of nitrogens with zero attached hydrogens (tertiary/aromatic N) is 2. The zero-order valence-electron chi connectivity index (χ0n) is 13.2. The Morgan fingerprint density at radius 3 is 2.48 bits per heavy atom. The maximum atomic E-state index is 12.3. The first-order chi connectivity index (χ1) is 11.0. The summed E-state index contributed by atoms with van der Waals surface area (Å²) in [5.74, 6) is -0.281. The Morgan fingerprint density at radius 1 is 1.22 bits per heavy atom. The molecule has 0 aliphatic rings. The molecular weight excluding hydrogens is 292 g/mol. The van der Waals surface area contributed by atoms with Crippen LogP contribution in [0.2, 0.25) is 0 Å². The molecule has 6 heteroatoms. The lowest BCUT2D eigenvalue weighted by atomic mass is 9.95. The number of carbonyl (C=O) groups excluding carboxylic acids is 2. The number of carbonyl (C=O) groups is 2. The van der Waals surface area contributed by atoms with Crippen LogP contribution in [0.25, 0.3) is 0 Å². The summed E-state index contributed by atoms with van der Waals surface area (Å²) in [6, 6.07) is 10.6. The van der Waals surface area contributed by atoms with Crippen LogP contribution in [0.3, 0.4) is 0 Å². The van der Waals surface area contributed by atoms with E-state index < -0.39 is 6.03 Å². The molecule has 0 saturated carbocycles. The van der Waals surface area contributed by atoms with E-state index in [1.54, 1.807) is 12.4 Å². The van der Waals surface area contributed by atoms with Crippen LogP contribution in [0.15, 0.2) is 48.8 Å². The molecule has 0 aliphatic heterocycles. The third-order valence-electron chi connectivity index (χ3n) is 3.60. The normalized spacial score (nSPS) is 11.6. The molecule has 0 radical (unpaired) electrons. The van der Waals surface area contributed by atoms with Crippen molar-refractivity contribution in [1.29, 1.82) is 0 Å². The van der Waals surface area contributed by atoms with Crippen molar-refractivity contribution in [3.05, 3.63) is 65.5 Å². The molecular formula is C17H20N4O2. The fourth-order valence-corrected chi connectivity index (χ4v) is 2.31. The molecule has 3 amide bonds. The highest BCUT2D eigenvalue weighted by Crippen LogP contribution is 2.24. The highest BCUT2D eigenvalue weighted by molar-refractivity contribution is 5.83. The Bertz CT molecular complexity index is 688. The molecule has 0 unspecified atom stereocenters. The quantitative estimate of drug-likeness (QED) is 0.879. The summed E-state index contributed by atoms with van der Waals surface area (Å²) >= 11 is 0. The standard InChI is InChI=1S/C17H20N4O2/c1-12-5-3-4-6-14(12)16(13-7-9-19-10-8-13)20-15(22)11-21(2)17(18)23/h3-10,16H,11H2,1-2H3,(H2,18,23)(H,20,22)/t16-/m1/s1. The number of nitrogens with one attached hydrogen (secondary N) is 1. The fourth-order valence-electron chi connectivity index (χ4n) is 2.31. The van der Waals surface area contributed by atoms with Crippen molar-refractivity contribution in [2.45, 2.75) is 13.0 Å².